The van der Waals surface area contributed by atoms with Crippen molar-refractivity contribution in [3.05, 3.63) is 52.3 Å². The van der Waals surface area contributed by atoms with Gasteiger partial charge in [-0.3, -0.25) is 9.67 Å². The Kier molecular flexibility index (Phi) is 8.12. The van der Waals surface area contributed by atoms with Gasteiger partial charge in [0.15, 0.2) is 5.96 Å². The molecule has 0 radical (unpaired) electrons. The zero-order chi connectivity index (χ0) is 18.6. The van der Waals surface area contributed by atoms with Crippen LogP contribution in [0.1, 0.15) is 41.9 Å². The molecule has 0 aliphatic rings. The third-order valence-electron chi connectivity index (χ3n) is 4.81. The van der Waals surface area contributed by atoms with Gasteiger partial charge in [-0.05, 0) is 26.3 Å². The SMILES string of the molecule is CN=C(NCc1c(C)nn(C)c1C)NCC(C)(C)c1cccc(C)c1.I. The van der Waals surface area contributed by atoms with E-state index in [9.17, 15) is 0 Å². The molecule has 2 N–H and O–H groups in total. The second-order valence-corrected chi connectivity index (χ2v) is 7.31. The highest BCUT2D eigenvalue weighted by molar-refractivity contribution is 14.0. The number of benzene rings is 1. The Morgan fingerprint density at radius 2 is 1.88 bits per heavy atom. The molecule has 144 valence electrons. The first kappa shape index (κ1) is 22.5. The van der Waals surface area contributed by atoms with Gasteiger partial charge in [0.05, 0.1) is 5.69 Å². The minimum absolute atomic E-state index is 0. The summed E-state index contributed by atoms with van der Waals surface area (Å²) in [5.74, 6) is 0.809. The number of aryl methyl sites for hydroxylation is 3. The monoisotopic (exact) mass is 469 g/mol. The van der Waals surface area contributed by atoms with Gasteiger partial charge in [0, 0.05) is 43.9 Å². The number of aliphatic imine (C=N–C) groups is 1. The highest BCUT2D eigenvalue weighted by atomic mass is 127. The van der Waals surface area contributed by atoms with Crippen molar-refractivity contribution in [3.8, 4) is 0 Å². The standard InChI is InChI=1S/C20H31N5.HI/c1-14-9-8-10-17(11-14)20(4,5)13-23-19(21-6)22-12-18-15(2)24-25(7)16(18)3;/h8-11H,12-13H2,1-7H3,(H2,21,22,23);1H. The summed E-state index contributed by atoms with van der Waals surface area (Å²) in [7, 11) is 3.78. The smallest absolute Gasteiger partial charge is 0.191 e. The van der Waals surface area contributed by atoms with E-state index in [2.05, 4.69) is 72.7 Å². The maximum Gasteiger partial charge on any atom is 0.191 e. The molecule has 6 heteroatoms. The van der Waals surface area contributed by atoms with E-state index in [1.807, 2.05) is 18.7 Å². The summed E-state index contributed by atoms with van der Waals surface area (Å²) >= 11 is 0. The van der Waals surface area contributed by atoms with Gasteiger partial charge in [0.25, 0.3) is 0 Å². The highest BCUT2D eigenvalue weighted by Gasteiger charge is 2.21. The van der Waals surface area contributed by atoms with E-state index in [1.54, 1.807) is 7.05 Å². The molecule has 1 heterocycles. The number of nitrogens with zero attached hydrogens (tertiary/aromatic N) is 3. The molecule has 0 atom stereocenters. The van der Waals surface area contributed by atoms with Gasteiger partial charge in [-0.15, -0.1) is 24.0 Å². The average molecular weight is 469 g/mol. The van der Waals surface area contributed by atoms with Crippen LogP contribution in [0.5, 0.6) is 0 Å². The van der Waals surface area contributed by atoms with Crippen LogP contribution in [0, 0.1) is 20.8 Å². The van der Waals surface area contributed by atoms with Crippen molar-refractivity contribution in [1.29, 1.82) is 0 Å². The first-order valence-electron chi connectivity index (χ1n) is 8.75. The minimum atomic E-state index is 0. The number of halogens is 1. The van der Waals surface area contributed by atoms with E-state index in [-0.39, 0.29) is 29.4 Å². The summed E-state index contributed by atoms with van der Waals surface area (Å²) < 4.78 is 1.92. The van der Waals surface area contributed by atoms with E-state index >= 15 is 0 Å². The third kappa shape index (κ3) is 5.46. The molecular weight excluding hydrogens is 437 g/mol. The molecule has 0 unspecified atom stereocenters. The quantitative estimate of drug-likeness (QED) is 0.400. The second-order valence-electron chi connectivity index (χ2n) is 7.31. The first-order chi connectivity index (χ1) is 11.7. The molecule has 0 spiro atoms. The van der Waals surface area contributed by atoms with Crippen LogP contribution in [0.4, 0.5) is 0 Å². The number of guanidine groups is 1. The average Bonchev–Trinajstić information content (AvgIpc) is 2.80. The lowest BCUT2D eigenvalue weighted by Crippen LogP contribution is -2.43. The van der Waals surface area contributed by atoms with Crippen molar-refractivity contribution in [2.75, 3.05) is 13.6 Å². The molecule has 5 nitrogen and oxygen atoms in total. The molecule has 0 aliphatic carbocycles. The van der Waals surface area contributed by atoms with E-state index in [4.69, 9.17) is 0 Å². The Hall–Kier alpha value is -1.57. The summed E-state index contributed by atoms with van der Waals surface area (Å²) in [6.07, 6.45) is 0. The number of rotatable bonds is 5. The Labute approximate surface area is 174 Å². The topological polar surface area (TPSA) is 54.2 Å². The molecule has 0 saturated carbocycles. The van der Waals surface area contributed by atoms with E-state index in [0.29, 0.717) is 0 Å². The van der Waals surface area contributed by atoms with E-state index < -0.39 is 0 Å². The zero-order valence-corrected chi connectivity index (χ0v) is 19.3. The second kappa shape index (κ2) is 9.39. The normalized spacial score (nSPS) is 11.9. The molecule has 26 heavy (non-hydrogen) atoms. The number of hydrogen-bond acceptors (Lipinski definition) is 2. The van der Waals surface area contributed by atoms with E-state index in [1.165, 1.54) is 22.4 Å². The fourth-order valence-electron chi connectivity index (χ4n) is 2.94. The van der Waals surface area contributed by atoms with Crippen LogP contribution in [-0.2, 0) is 19.0 Å². The van der Waals surface area contributed by atoms with Crippen LogP contribution in [0.3, 0.4) is 0 Å². The minimum Gasteiger partial charge on any atom is -0.356 e. The van der Waals surface area contributed by atoms with Gasteiger partial charge in [-0.2, -0.15) is 5.10 Å². The number of aromatic nitrogens is 2. The van der Waals surface area contributed by atoms with Gasteiger partial charge < -0.3 is 10.6 Å². The Bertz CT molecular complexity index is 762. The molecule has 0 fully saturated rings. The van der Waals surface area contributed by atoms with Crippen LogP contribution in [0.2, 0.25) is 0 Å². The molecular formula is C20H32IN5. The lowest BCUT2D eigenvalue weighted by molar-refractivity contribution is 0.508. The zero-order valence-electron chi connectivity index (χ0n) is 17.0. The Morgan fingerprint density at radius 1 is 1.19 bits per heavy atom. The van der Waals surface area contributed by atoms with Crippen molar-refractivity contribution in [2.45, 2.75) is 46.6 Å². The maximum atomic E-state index is 4.46. The third-order valence-corrected chi connectivity index (χ3v) is 4.81. The first-order valence-corrected chi connectivity index (χ1v) is 8.75. The van der Waals surface area contributed by atoms with E-state index in [0.717, 1.165) is 24.7 Å². The van der Waals surface area contributed by atoms with Crippen molar-refractivity contribution < 1.29 is 0 Å². The maximum absolute atomic E-state index is 4.46. The summed E-state index contributed by atoms with van der Waals surface area (Å²) in [5.41, 5.74) is 6.10. The predicted octanol–water partition coefficient (Wildman–Crippen LogP) is 3.61. The van der Waals surface area contributed by atoms with Crippen LogP contribution in [-0.4, -0.2) is 29.3 Å². The molecule has 0 amide bonds. The van der Waals surface area contributed by atoms with Gasteiger partial charge >= 0.3 is 0 Å². The molecule has 0 aliphatic heterocycles. The van der Waals surface area contributed by atoms with Gasteiger partial charge in [-0.25, -0.2) is 0 Å². The van der Waals surface area contributed by atoms with Crippen molar-refractivity contribution in [2.24, 2.45) is 12.0 Å². The lowest BCUT2D eigenvalue weighted by Gasteiger charge is -2.27. The summed E-state index contributed by atoms with van der Waals surface area (Å²) in [4.78, 5) is 4.35. The van der Waals surface area contributed by atoms with Gasteiger partial charge in [0.2, 0.25) is 0 Å². The largest absolute Gasteiger partial charge is 0.356 e. The molecule has 2 rings (SSSR count). The number of nitrogens with one attached hydrogen (secondary N) is 2. The number of hydrogen-bond donors (Lipinski definition) is 2. The molecule has 0 saturated heterocycles. The molecule has 0 bridgehead atoms. The summed E-state index contributed by atoms with van der Waals surface area (Å²) in [5, 5.41) is 11.3. The van der Waals surface area contributed by atoms with Gasteiger partial charge in [0.1, 0.15) is 0 Å². The van der Waals surface area contributed by atoms with Crippen molar-refractivity contribution >= 4 is 29.9 Å². The highest BCUT2D eigenvalue weighted by Crippen LogP contribution is 2.23. The van der Waals surface area contributed by atoms with Crippen LogP contribution in [0.25, 0.3) is 0 Å². The molecule has 2 aromatic rings. The van der Waals surface area contributed by atoms with Crippen molar-refractivity contribution in [1.82, 2.24) is 20.4 Å². The van der Waals surface area contributed by atoms with Crippen molar-refractivity contribution in [3.63, 3.8) is 0 Å². The lowest BCUT2D eigenvalue weighted by atomic mass is 9.84. The fraction of sp³-hybridized carbons (Fsp3) is 0.500. The van der Waals surface area contributed by atoms with Crippen LogP contribution >= 0.6 is 24.0 Å². The Morgan fingerprint density at radius 3 is 2.42 bits per heavy atom. The molecule has 1 aromatic heterocycles. The fourth-order valence-corrected chi connectivity index (χ4v) is 2.94. The van der Waals surface area contributed by atoms with Gasteiger partial charge in [-0.1, -0.05) is 43.7 Å². The molecule has 1 aromatic carbocycles. The van der Waals surface area contributed by atoms with Crippen LogP contribution < -0.4 is 10.6 Å². The Balaban J connectivity index is 0.00000338. The summed E-state index contributed by atoms with van der Waals surface area (Å²) in [6.45, 7) is 12.3. The summed E-state index contributed by atoms with van der Waals surface area (Å²) in [6, 6.07) is 8.69. The van der Waals surface area contributed by atoms with Crippen LogP contribution in [0.15, 0.2) is 29.3 Å². The predicted molar refractivity (Wildman–Crippen MR) is 121 cm³/mol.